The van der Waals surface area contributed by atoms with Crippen molar-refractivity contribution in [3.63, 3.8) is 0 Å². The number of ether oxygens (including phenoxy) is 1. The molecule has 10 aromatic rings. The molecule has 0 unspecified atom stereocenters. The van der Waals surface area contributed by atoms with E-state index in [2.05, 4.69) is 54.8 Å². The fourth-order valence-electron chi connectivity index (χ4n) is 8.31. The minimum Gasteiger partial charge on any atom is -0.509 e. The fourth-order valence-corrected chi connectivity index (χ4v) is 8.31. The summed E-state index contributed by atoms with van der Waals surface area (Å²) in [6, 6.07) is 60.5. The van der Waals surface area contributed by atoms with Crippen molar-refractivity contribution in [1.82, 2.24) is 14.1 Å². The Morgan fingerprint density at radius 1 is 0.613 bits per heavy atom. The van der Waals surface area contributed by atoms with E-state index in [1.165, 1.54) is 4.57 Å². The van der Waals surface area contributed by atoms with Crippen molar-refractivity contribution in [3.8, 4) is 39.7 Å². The molecule has 6 nitrogen and oxygen atoms in total. The van der Waals surface area contributed by atoms with Crippen LogP contribution in [0.1, 0.15) is 33.2 Å². The number of hydrogen-bond acceptors (Lipinski definition) is 4. The summed E-state index contributed by atoms with van der Waals surface area (Å²) < 4.78 is 55.1. The Morgan fingerprint density at radius 3 is 1.92 bits per heavy atom. The summed E-state index contributed by atoms with van der Waals surface area (Å²) in [6.45, 7) is 5.70. The van der Waals surface area contributed by atoms with E-state index in [0.717, 1.165) is 55.6 Å². The van der Waals surface area contributed by atoms with Gasteiger partial charge in [-0.3, -0.25) is 0 Å². The van der Waals surface area contributed by atoms with Gasteiger partial charge < -0.3 is 23.7 Å². The van der Waals surface area contributed by atoms with Gasteiger partial charge in [0.2, 0.25) is 5.95 Å². The summed E-state index contributed by atoms with van der Waals surface area (Å²) in [7, 11) is 0. The van der Waals surface area contributed by atoms with E-state index in [1.807, 2.05) is 157 Å². The van der Waals surface area contributed by atoms with Crippen molar-refractivity contribution in [2.24, 2.45) is 6.98 Å². The molecule has 2 aromatic heterocycles. The molecule has 0 saturated carbocycles. The molecule has 8 aromatic carbocycles. The molecule has 3 heterocycles. The molecular weight excluding hydrogens is 942 g/mol. The maximum Gasteiger partial charge on any atom is 0.213 e. The van der Waals surface area contributed by atoms with Gasteiger partial charge in [-0.05, 0) is 69.9 Å². The van der Waals surface area contributed by atoms with Crippen molar-refractivity contribution in [1.29, 1.82) is 0 Å². The predicted molar refractivity (Wildman–Crippen MR) is 250 cm³/mol. The van der Waals surface area contributed by atoms with Crippen molar-refractivity contribution in [3.05, 3.63) is 200 Å². The molecule has 11 rings (SSSR count). The van der Waals surface area contributed by atoms with E-state index in [0.29, 0.717) is 51.4 Å². The van der Waals surface area contributed by atoms with Crippen LogP contribution in [0.3, 0.4) is 0 Å². The van der Waals surface area contributed by atoms with E-state index in [1.54, 1.807) is 6.07 Å². The molecule has 306 valence electrons. The molecule has 0 amide bonds. The van der Waals surface area contributed by atoms with Gasteiger partial charge in [0.1, 0.15) is 0 Å². The van der Waals surface area contributed by atoms with E-state index in [4.69, 9.17) is 13.8 Å². The zero-order valence-corrected chi connectivity index (χ0v) is 36.4. The molecule has 0 aliphatic carbocycles. The quantitative estimate of drug-likeness (QED) is 0.149. The van der Waals surface area contributed by atoms with E-state index < -0.39 is 12.4 Å². The van der Waals surface area contributed by atoms with E-state index in [-0.39, 0.29) is 27.0 Å². The molecule has 0 N–H and O–H groups in total. The van der Waals surface area contributed by atoms with Gasteiger partial charge in [0.15, 0.2) is 0 Å². The average molecular weight is 989 g/mol. The first-order chi connectivity index (χ1) is 31.9. The van der Waals surface area contributed by atoms with Gasteiger partial charge in [-0.1, -0.05) is 129 Å². The Balaban J connectivity index is 0.00000525. The Hall–Kier alpha value is -6.88. The van der Waals surface area contributed by atoms with Crippen LogP contribution >= 0.6 is 0 Å². The number of rotatable bonds is 7. The summed E-state index contributed by atoms with van der Waals surface area (Å²) in [5.74, 6) is 1.11. The molecule has 0 fully saturated rings. The van der Waals surface area contributed by atoms with Crippen LogP contribution in [0.2, 0.25) is 0 Å². The number of hydrogen-bond donors (Lipinski definition) is 0. The van der Waals surface area contributed by atoms with Gasteiger partial charge in [0.25, 0.3) is 0 Å². The first-order valence-corrected chi connectivity index (χ1v) is 20.3. The van der Waals surface area contributed by atoms with E-state index in [9.17, 15) is 2.74 Å². The van der Waals surface area contributed by atoms with Gasteiger partial charge in [0, 0.05) is 77.4 Å². The fraction of sp³-hybridized carbons (Fsp3) is 0.0909. The zero-order chi connectivity index (χ0) is 45.5. The molecule has 62 heavy (non-hydrogen) atoms. The Morgan fingerprint density at radius 2 is 1.23 bits per heavy atom. The molecule has 0 saturated heterocycles. The maximum atomic E-state index is 9.85. The number of imidazole rings is 1. The normalized spacial score (nSPS) is 14.0. The van der Waals surface area contributed by atoms with Crippen LogP contribution < -0.4 is 14.5 Å². The third kappa shape index (κ3) is 6.67. The first kappa shape index (κ1) is 33.8. The van der Waals surface area contributed by atoms with Crippen LogP contribution in [0.25, 0.3) is 61.0 Å². The number of aromatic nitrogens is 3. The Bertz CT molecular complexity index is 3440. The molecule has 1 aliphatic rings. The number of anilines is 4. The first-order valence-electron chi connectivity index (χ1n) is 22.8. The molecule has 0 bridgehead atoms. The van der Waals surface area contributed by atoms with Crippen molar-refractivity contribution in [2.75, 3.05) is 9.80 Å². The summed E-state index contributed by atoms with van der Waals surface area (Å²) in [6.07, 6.45) is 0. The summed E-state index contributed by atoms with van der Waals surface area (Å²) in [4.78, 5) is 9.04. The number of aryl methyl sites for hydroxylation is 1. The Kier molecular flexibility index (Phi) is 8.47. The summed E-state index contributed by atoms with van der Waals surface area (Å²) in [5.41, 5.74) is 9.13. The van der Waals surface area contributed by atoms with E-state index >= 15 is 0 Å². The second-order valence-corrected chi connectivity index (χ2v) is 16.2. The molecule has 1 aliphatic heterocycles. The minimum absolute atomic E-state index is 0. The van der Waals surface area contributed by atoms with Gasteiger partial charge in [-0.25, -0.2) is 4.98 Å². The zero-order valence-electron chi connectivity index (χ0n) is 39.1. The van der Waals surface area contributed by atoms with Crippen LogP contribution in [0.5, 0.6) is 11.5 Å². The molecule has 7 heteroatoms. The third-order valence-electron chi connectivity index (χ3n) is 11.3. The molecule has 0 atom stereocenters. The second kappa shape index (κ2) is 15.5. The van der Waals surface area contributed by atoms with Crippen molar-refractivity contribution >= 4 is 55.6 Å². The second-order valence-electron chi connectivity index (χ2n) is 16.2. The summed E-state index contributed by atoms with van der Waals surface area (Å²) in [5, 5.41) is 1.80. The number of fused-ring (bicyclic) bond motifs is 5. The maximum absolute atomic E-state index is 9.85. The predicted octanol–water partition coefficient (Wildman–Crippen LogP) is 14.1. The summed E-state index contributed by atoms with van der Waals surface area (Å²) >= 11 is 0. The van der Waals surface area contributed by atoms with Crippen LogP contribution in [-0.4, -0.2) is 14.1 Å². The van der Waals surface area contributed by atoms with Crippen LogP contribution in [0.4, 0.5) is 22.7 Å². The average Bonchev–Trinajstić information content (AvgIpc) is 3.99. The van der Waals surface area contributed by atoms with Gasteiger partial charge in [-0.2, -0.15) is 12.1 Å². The van der Waals surface area contributed by atoms with Gasteiger partial charge in [-0.15, -0.1) is 48.1 Å². The van der Waals surface area contributed by atoms with Gasteiger partial charge in [0.05, 0.1) is 13.8 Å². The minimum atomic E-state index is -2.51. The van der Waals surface area contributed by atoms with Crippen LogP contribution in [-0.2, 0) is 33.5 Å². The topological polar surface area (TPSA) is 38.5 Å². The van der Waals surface area contributed by atoms with Crippen LogP contribution in [0.15, 0.2) is 176 Å². The molecule has 0 radical (unpaired) electrons. The third-order valence-corrected chi connectivity index (χ3v) is 11.3. The number of benzene rings is 8. The molecule has 0 spiro atoms. The van der Waals surface area contributed by atoms with Crippen molar-refractivity contribution < 1.29 is 32.7 Å². The largest absolute Gasteiger partial charge is 0.509 e. The standard InChI is InChI=1S/C55H42N5O.Pt/c1-55(2,3)39-32-45(37-18-7-5-8-19-37)53(46(33-39)38-20-9-6-10-21-38)59-36-58(50-28-15-16-29-51(50)59)40-22-17-23-41(34-40)61-42-30-31-44-43-24-11-13-26-48(43)60(52(44)35-42)54-56-47-25-12-14-27-49(47)57(54)4;/h5-33,36H,1-4H3;/q-3;/i4D3,32D,33D;. The monoisotopic (exact) mass is 988 g/mol. The molecular formula is C55H42N5OPt-3. The number of nitrogens with zero attached hydrogens (tertiary/aromatic N) is 5. The van der Waals surface area contributed by atoms with Gasteiger partial charge >= 0.3 is 0 Å². The Labute approximate surface area is 383 Å². The smallest absolute Gasteiger partial charge is 0.213 e. The number of para-hydroxylation sites is 5. The van der Waals surface area contributed by atoms with Crippen molar-refractivity contribution in [2.45, 2.75) is 26.2 Å². The SMILES string of the molecule is [2H]c1c(-c2ccccc2)c(N2[CH-]N(c3[c-]c(Oc4[c-]c5c(cc4)c4ccccc4n5-c4nc5ccccc5n4C([2H])([2H])[2H])ccc3)c3ccccc32)c(-c2ccccc2)c([2H])c1C(C)(C)C.[Pt]. The van der Waals surface area contributed by atoms with Crippen LogP contribution in [0, 0.1) is 18.8 Å².